The third-order valence-corrected chi connectivity index (χ3v) is 2.13. The first-order valence-corrected chi connectivity index (χ1v) is 4.69. The zero-order valence-corrected chi connectivity index (χ0v) is 8.69. The van der Waals surface area contributed by atoms with Crippen LogP contribution in [-0.4, -0.2) is 21.9 Å². The smallest absolute Gasteiger partial charge is 0.289 e. The lowest BCUT2D eigenvalue weighted by Crippen LogP contribution is -2.36. The van der Waals surface area contributed by atoms with Gasteiger partial charge in [0.05, 0.1) is 0 Å². The van der Waals surface area contributed by atoms with Crippen LogP contribution in [0.1, 0.15) is 31.4 Å². The maximum atomic E-state index is 11.5. The summed E-state index contributed by atoms with van der Waals surface area (Å²) in [6.07, 6.45) is 3.11. The minimum atomic E-state index is -0.216. The maximum Gasteiger partial charge on any atom is 0.289 e. The molecular formula is C10H15N3O. The fraction of sp³-hybridized carbons (Fsp3) is 0.500. The number of rotatable bonds is 3. The first-order chi connectivity index (χ1) is 6.61. The van der Waals surface area contributed by atoms with E-state index in [2.05, 4.69) is 29.1 Å². The lowest BCUT2D eigenvalue weighted by molar-refractivity contribution is 0.0920. The molecule has 0 radical (unpaired) electrons. The van der Waals surface area contributed by atoms with Gasteiger partial charge in [-0.3, -0.25) is 4.79 Å². The molecule has 0 spiro atoms. The molecule has 1 amide bonds. The van der Waals surface area contributed by atoms with Crippen molar-refractivity contribution in [1.82, 2.24) is 15.3 Å². The Balaban J connectivity index is 2.60. The lowest BCUT2D eigenvalue weighted by Gasteiger charge is -2.16. The van der Waals surface area contributed by atoms with Crippen molar-refractivity contribution in [3.05, 3.63) is 24.3 Å². The molecule has 0 bridgehead atoms. The predicted octanol–water partition coefficient (Wildman–Crippen LogP) is 1.25. The van der Waals surface area contributed by atoms with Crippen molar-refractivity contribution < 1.29 is 4.79 Å². The highest BCUT2D eigenvalue weighted by Gasteiger charge is 2.13. The standard InChI is InChI=1S/C10H15N3O/c1-7(2)8(3)13-10(14)9-11-5-4-6-12-9/h4-8H,1-3H3,(H,13,14). The van der Waals surface area contributed by atoms with Gasteiger partial charge in [-0.25, -0.2) is 9.97 Å². The van der Waals surface area contributed by atoms with Crippen molar-refractivity contribution in [3.63, 3.8) is 0 Å². The van der Waals surface area contributed by atoms with E-state index in [0.717, 1.165) is 0 Å². The molecule has 1 N–H and O–H groups in total. The van der Waals surface area contributed by atoms with Crippen molar-refractivity contribution in [3.8, 4) is 0 Å². The molecule has 0 fully saturated rings. The summed E-state index contributed by atoms with van der Waals surface area (Å²) in [6, 6.07) is 1.81. The third kappa shape index (κ3) is 2.80. The number of aromatic nitrogens is 2. The Labute approximate surface area is 83.8 Å². The summed E-state index contributed by atoms with van der Waals surface area (Å²) in [5.74, 6) is 0.412. The summed E-state index contributed by atoms with van der Waals surface area (Å²) in [4.78, 5) is 19.3. The van der Waals surface area contributed by atoms with E-state index in [9.17, 15) is 4.79 Å². The van der Waals surface area contributed by atoms with Gasteiger partial charge in [0.25, 0.3) is 5.91 Å². The van der Waals surface area contributed by atoms with E-state index in [-0.39, 0.29) is 17.8 Å². The molecule has 0 saturated carbocycles. The van der Waals surface area contributed by atoms with Crippen LogP contribution in [0.2, 0.25) is 0 Å². The average Bonchev–Trinajstić information content (AvgIpc) is 2.19. The second kappa shape index (κ2) is 4.69. The van der Waals surface area contributed by atoms with E-state index in [1.807, 2.05) is 6.92 Å². The fourth-order valence-corrected chi connectivity index (χ4v) is 0.854. The highest BCUT2D eigenvalue weighted by atomic mass is 16.2. The van der Waals surface area contributed by atoms with Crippen LogP contribution in [0.15, 0.2) is 18.5 Å². The number of nitrogens with zero attached hydrogens (tertiary/aromatic N) is 2. The van der Waals surface area contributed by atoms with Crippen LogP contribution in [-0.2, 0) is 0 Å². The minimum Gasteiger partial charge on any atom is -0.347 e. The van der Waals surface area contributed by atoms with Crippen LogP contribution in [0.25, 0.3) is 0 Å². The van der Waals surface area contributed by atoms with Crippen molar-refractivity contribution in [2.75, 3.05) is 0 Å². The average molecular weight is 193 g/mol. The Morgan fingerprint density at radius 3 is 2.36 bits per heavy atom. The number of amides is 1. The second-order valence-corrected chi connectivity index (χ2v) is 3.58. The monoisotopic (exact) mass is 193 g/mol. The summed E-state index contributed by atoms with van der Waals surface area (Å²) < 4.78 is 0. The van der Waals surface area contributed by atoms with Crippen molar-refractivity contribution in [1.29, 1.82) is 0 Å². The van der Waals surface area contributed by atoms with Gasteiger partial charge in [-0.15, -0.1) is 0 Å². The van der Waals surface area contributed by atoms with Gasteiger partial charge in [-0.2, -0.15) is 0 Å². The molecule has 4 nitrogen and oxygen atoms in total. The van der Waals surface area contributed by atoms with E-state index < -0.39 is 0 Å². The number of nitrogens with one attached hydrogen (secondary N) is 1. The highest BCUT2D eigenvalue weighted by molar-refractivity contribution is 5.90. The number of hydrogen-bond acceptors (Lipinski definition) is 3. The largest absolute Gasteiger partial charge is 0.347 e. The minimum absolute atomic E-state index is 0.131. The van der Waals surface area contributed by atoms with Gasteiger partial charge >= 0.3 is 0 Å². The molecule has 76 valence electrons. The molecular weight excluding hydrogens is 178 g/mol. The van der Waals surface area contributed by atoms with Gasteiger partial charge in [0.1, 0.15) is 0 Å². The summed E-state index contributed by atoms with van der Waals surface area (Å²) in [5, 5.41) is 2.83. The quantitative estimate of drug-likeness (QED) is 0.786. The van der Waals surface area contributed by atoms with Gasteiger partial charge in [0.15, 0.2) is 0 Å². The Bertz CT molecular complexity index is 297. The normalized spacial score (nSPS) is 12.6. The molecule has 0 aliphatic carbocycles. The van der Waals surface area contributed by atoms with Crippen molar-refractivity contribution in [2.45, 2.75) is 26.8 Å². The molecule has 0 aliphatic rings. The Kier molecular flexibility index (Phi) is 3.56. The van der Waals surface area contributed by atoms with E-state index in [0.29, 0.717) is 5.92 Å². The zero-order chi connectivity index (χ0) is 10.6. The molecule has 0 saturated heterocycles. The number of carbonyl (C=O) groups excluding carboxylic acids is 1. The van der Waals surface area contributed by atoms with Crippen LogP contribution in [0, 0.1) is 5.92 Å². The maximum absolute atomic E-state index is 11.5. The Hall–Kier alpha value is -1.45. The Morgan fingerprint density at radius 1 is 1.29 bits per heavy atom. The lowest BCUT2D eigenvalue weighted by atomic mass is 10.1. The summed E-state index contributed by atoms with van der Waals surface area (Å²) in [6.45, 7) is 6.07. The van der Waals surface area contributed by atoms with Crippen LogP contribution in [0.5, 0.6) is 0 Å². The van der Waals surface area contributed by atoms with Gasteiger partial charge < -0.3 is 5.32 Å². The Morgan fingerprint density at radius 2 is 1.86 bits per heavy atom. The zero-order valence-electron chi connectivity index (χ0n) is 8.69. The summed E-state index contributed by atoms with van der Waals surface area (Å²) in [5.41, 5.74) is 0. The molecule has 1 rings (SSSR count). The molecule has 4 heteroatoms. The summed E-state index contributed by atoms with van der Waals surface area (Å²) in [7, 11) is 0. The first kappa shape index (κ1) is 10.6. The van der Waals surface area contributed by atoms with Gasteiger partial charge in [0.2, 0.25) is 5.82 Å². The number of carbonyl (C=O) groups is 1. The predicted molar refractivity (Wildman–Crippen MR) is 53.8 cm³/mol. The molecule has 1 aromatic rings. The van der Waals surface area contributed by atoms with Crippen LogP contribution in [0.4, 0.5) is 0 Å². The molecule has 1 heterocycles. The van der Waals surface area contributed by atoms with E-state index in [4.69, 9.17) is 0 Å². The van der Waals surface area contributed by atoms with Crippen molar-refractivity contribution in [2.24, 2.45) is 5.92 Å². The van der Waals surface area contributed by atoms with E-state index >= 15 is 0 Å². The molecule has 1 atom stereocenters. The fourth-order valence-electron chi connectivity index (χ4n) is 0.854. The third-order valence-electron chi connectivity index (χ3n) is 2.13. The molecule has 1 aromatic heterocycles. The highest BCUT2D eigenvalue weighted by Crippen LogP contribution is 2.00. The number of hydrogen-bond donors (Lipinski definition) is 1. The molecule has 0 aliphatic heterocycles. The van der Waals surface area contributed by atoms with Crippen LogP contribution >= 0.6 is 0 Å². The van der Waals surface area contributed by atoms with Gasteiger partial charge in [-0.1, -0.05) is 13.8 Å². The first-order valence-electron chi connectivity index (χ1n) is 4.69. The van der Waals surface area contributed by atoms with E-state index in [1.54, 1.807) is 18.5 Å². The topological polar surface area (TPSA) is 54.9 Å². The second-order valence-electron chi connectivity index (χ2n) is 3.58. The SMILES string of the molecule is CC(C)C(C)NC(=O)c1ncccn1. The summed E-state index contributed by atoms with van der Waals surface area (Å²) >= 11 is 0. The van der Waals surface area contributed by atoms with Crippen LogP contribution < -0.4 is 5.32 Å². The van der Waals surface area contributed by atoms with E-state index in [1.165, 1.54) is 0 Å². The molecule has 1 unspecified atom stereocenters. The molecule has 0 aromatic carbocycles. The van der Waals surface area contributed by atoms with Crippen molar-refractivity contribution >= 4 is 5.91 Å². The molecule has 14 heavy (non-hydrogen) atoms. The van der Waals surface area contributed by atoms with Gasteiger partial charge in [0, 0.05) is 18.4 Å². The van der Waals surface area contributed by atoms with Crippen LogP contribution in [0.3, 0.4) is 0 Å². The van der Waals surface area contributed by atoms with Gasteiger partial charge in [-0.05, 0) is 18.9 Å².